The van der Waals surface area contributed by atoms with Gasteiger partial charge in [0.1, 0.15) is 15.8 Å². The number of carbonyl (C=O) groups is 4. The summed E-state index contributed by atoms with van der Waals surface area (Å²) >= 11 is 15.2. The highest BCUT2D eigenvalue weighted by Gasteiger charge is 2.73. The van der Waals surface area contributed by atoms with Crippen LogP contribution >= 0.6 is 23.2 Å². The second-order valence-electron chi connectivity index (χ2n) is 11.3. The summed E-state index contributed by atoms with van der Waals surface area (Å²) < 4.78 is 4.76. The number of ether oxygens (including phenoxy) is 1. The van der Waals surface area contributed by atoms with E-state index >= 15 is 0 Å². The first-order chi connectivity index (χ1) is 21.2. The average molecular weight is 626 g/mol. The maximum atomic E-state index is 14.6. The first kappa shape index (κ1) is 28.3. The van der Waals surface area contributed by atoms with E-state index in [-0.39, 0.29) is 6.42 Å². The van der Waals surface area contributed by atoms with E-state index in [4.69, 9.17) is 27.9 Å². The molecule has 2 bridgehead atoms. The van der Waals surface area contributed by atoms with Crippen molar-refractivity contribution < 1.29 is 23.9 Å². The molecule has 4 aromatic carbocycles. The lowest BCUT2D eigenvalue weighted by atomic mass is 9.54. The number of esters is 1. The van der Waals surface area contributed by atoms with Gasteiger partial charge in [-0.15, -0.1) is 23.2 Å². The third-order valence-corrected chi connectivity index (χ3v) is 10.4. The van der Waals surface area contributed by atoms with Crippen LogP contribution < -0.4 is 5.32 Å². The number of halogens is 2. The Morgan fingerprint density at radius 1 is 0.750 bits per heavy atom. The van der Waals surface area contributed by atoms with Crippen LogP contribution in [0.1, 0.15) is 38.2 Å². The number of imide groups is 1. The smallest absolute Gasteiger partial charge is 0.337 e. The van der Waals surface area contributed by atoms with Crippen molar-refractivity contribution in [2.24, 2.45) is 11.8 Å². The van der Waals surface area contributed by atoms with Crippen LogP contribution in [0.2, 0.25) is 0 Å². The normalized spacial score (nSPS) is 25.1. The van der Waals surface area contributed by atoms with E-state index in [2.05, 4.69) is 5.32 Å². The van der Waals surface area contributed by atoms with Crippen LogP contribution in [0.3, 0.4) is 0 Å². The Balaban J connectivity index is 1.32. The molecule has 0 radical (unpaired) electrons. The molecule has 0 saturated carbocycles. The molecule has 1 N–H and O–H groups in total. The van der Waals surface area contributed by atoms with Crippen molar-refractivity contribution in [3.8, 4) is 0 Å². The van der Waals surface area contributed by atoms with Crippen molar-refractivity contribution in [2.75, 3.05) is 12.4 Å². The summed E-state index contributed by atoms with van der Waals surface area (Å²) in [7, 11) is 1.28. The molecule has 44 heavy (non-hydrogen) atoms. The Kier molecular flexibility index (Phi) is 6.64. The van der Waals surface area contributed by atoms with Crippen LogP contribution in [0.25, 0.3) is 0 Å². The number of anilines is 1. The fourth-order valence-corrected chi connectivity index (χ4v) is 8.27. The third-order valence-electron chi connectivity index (χ3n) is 9.08. The molecule has 0 spiro atoms. The predicted molar refractivity (Wildman–Crippen MR) is 165 cm³/mol. The van der Waals surface area contributed by atoms with Gasteiger partial charge >= 0.3 is 5.97 Å². The van der Waals surface area contributed by atoms with Crippen LogP contribution in [-0.2, 0) is 35.3 Å². The molecule has 1 saturated heterocycles. The zero-order valence-electron chi connectivity index (χ0n) is 23.5. The highest BCUT2D eigenvalue weighted by atomic mass is 35.5. The molecule has 9 heteroatoms. The van der Waals surface area contributed by atoms with Crippen molar-refractivity contribution >= 4 is 52.6 Å². The summed E-state index contributed by atoms with van der Waals surface area (Å²) in [6.45, 7) is 0. The molecule has 0 aromatic heterocycles. The maximum absolute atomic E-state index is 14.6. The van der Waals surface area contributed by atoms with E-state index in [1.165, 1.54) is 19.2 Å². The Morgan fingerprint density at radius 3 is 1.66 bits per heavy atom. The molecule has 7 nitrogen and oxygen atoms in total. The topological polar surface area (TPSA) is 92.8 Å². The number of amides is 3. The summed E-state index contributed by atoms with van der Waals surface area (Å²) in [6.07, 6.45) is 0.0777. The average Bonchev–Trinajstić information content (AvgIpc) is 3.33. The van der Waals surface area contributed by atoms with Gasteiger partial charge in [-0.3, -0.25) is 19.3 Å². The van der Waals surface area contributed by atoms with Crippen LogP contribution in [0.4, 0.5) is 5.69 Å². The summed E-state index contributed by atoms with van der Waals surface area (Å²) in [5.41, 5.74) is 4.22. The van der Waals surface area contributed by atoms with Gasteiger partial charge in [0.05, 0.1) is 24.5 Å². The monoisotopic (exact) mass is 624 g/mol. The standard InChI is InChI=1S/C35H26Cl2N2O5/c1-44-33(43)21-15-17-22(18-16-21)38-30(40)27(19-20-9-3-2-4-10-20)39-31(41)28-29(32(39)42)35(37)24-12-6-5-11-23(24)34(28,36)25-13-7-8-14-26(25)35/h2-18,27-29H,19H2,1H3,(H,38,40)/t27-,28-,29+,34?,35?/m1/s1. The Labute approximate surface area is 263 Å². The van der Waals surface area contributed by atoms with Crippen molar-refractivity contribution in [3.05, 3.63) is 137 Å². The van der Waals surface area contributed by atoms with Crippen LogP contribution in [0.5, 0.6) is 0 Å². The van der Waals surface area contributed by atoms with Gasteiger partial charge in [0, 0.05) is 12.1 Å². The second-order valence-corrected chi connectivity index (χ2v) is 12.5. The molecular formula is C35H26Cl2N2O5. The highest BCUT2D eigenvalue weighted by Crippen LogP contribution is 2.69. The van der Waals surface area contributed by atoms with Crippen molar-refractivity contribution in [1.29, 1.82) is 0 Å². The molecule has 3 amide bonds. The van der Waals surface area contributed by atoms with E-state index in [0.717, 1.165) is 10.5 Å². The predicted octanol–water partition coefficient (Wildman–Crippen LogP) is 5.62. The van der Waals surface area contributed by atoms with Crippen molar-refractivity contribution in [3.63, 3.8) is 0 Å². The van der Waals surface area contributed by atoms with E-state index in [1.54, 1.807) is 12.1 Å². The number of methoxy groups -OCH3 is 1. The first-order valence-corrected chi connectivity index (χ1v) is 14.9. The molecule has 1 aliphatic heterocycles. The van der Waals surface area contributed by atoms with Crippen LogP contribution in [0, 0.1) is 11.8 Å². The number of likely N-dealkylation sites (tertiary alicyclic amines) is 1. The number of hydrogen-bond acceptors (Lipinski definition) is 5. The SMILES string of the molecule is COC(=O)c1ccc(NC(=O)[C@@H](Cc2ccccc2)N2C(=O)[C@@H]3[C@H](C2=O)C2(Cl)c4ccccc4C3(Cl)c3ccccc32)cc1. The summed E-state index contributed by atoms with van der Waals surface area (Å²) in [6, 6.07) is 29.0. The lowest BCUT2D eigenvalue weighted by molar-refractivity contribution is -0.146. The van der Waals surface area contributed by atoms with Gasteiger partial charge in [-0.2, -0.15) is 0 Å². The van der Waals surface area contributed by atoms with Gasteiger partial charge in [-0.25, -0.2) is 4.79 Å². The second kappa shape index (κ2) is 10.3. The quantitative estimate of drug-likeness (QED) is 0.171. The number of nitrogens with zero attached hydrogens (tertiary/aromatic N) is 1. The minimum atomic E-state index is -1.35. The fourth-order valence-electron chi connectivity index (χ4n) is 7.17. The zero-order chi connectivity index (χ0) is 30.8. The van der Waals surface area contributed by atoms with E-state index in [0.29, 0.717) is 33.5 Å². The molecule has 3 aliphatic carbocycles. The molecule has 8 rings (SSSR count). The minimum absolute atomic E-state index is 0.0777. The summed E-state index contributed by atoms with van der Waals surface area (Å²) in [5.74, 6) is -4.20. The highest BCUT2D eigenvalue weighted by molar-refractivity contribution is 6.36. The first-order valence-electron chi connectivity index (χ1n) is 14.2. The number of nitrogens with one attached hydrogen (secondary N) is 1. The summed E-state index contributed by atoms with van der Waals surface area (Å²) in [5, 5.41) is 2.83. The van der Waals surface area contributed by atoms with Gasteiger partial charge < -0.3 is 10.1 Å². The van der Waals surface area contributed by atoms with Gasteiger partial charge in [0.15, 0.2) is 0 Å². The van der Waals surface area contributed by atoms with Crippen molar-refractivity contribution in [2.45, 2.75) is 22.2 Å². The molecule has 220 valence electrons. The molecule has 0 unspecified atom stereocenters. The van der Waals surface area contributed by atoms with Gasteiger partial charge in [0.25, 0.3) is 0 Å². The molecule has 1 heterocycles. The number of carbonyl (C=O) groups excluding carboxylic acids is 4. The van der Waals surface area contributed by atoms with E-state index < -0.39 is 51.3 Å². The van der Waals surface area contributed by atoms with E-state index in [1.807, 2.05) is 78.9 Å². The Bertz CT molecular complexity index is 1720. The zero-order valence-corrected chi connectivity index (χ0v) is 25.0. The molecule has 4 aromatic rings. The lowest BCUT2D eigenvalue weighted by Crippen LogP contribution is -2.57. The Hall–Kier alpha value is -4.46. The van der Waals surface area contributed by atoms with E-state index in [9.17, 15) is 19.2 Å². The molecular weight excluding hydrogens is 599 g/mol. The number of hydrogen-bond donors (Lipinski definition) is 1. The molecule has 1 fully saturated rings. The number of benzene rings is 4. The number of alkyl halides is 2. The minimum Gasteiger partial charge on any atom is -0.465 e. The number of rotatable bonds is 6. The van der Waals surface area contributed by atoms with Crippen LogP contribution in [0.15, 0.2) is 103 Å². The van der Waals surface area contributed by atoms with Gasteiger partial charge in [-0.05, 0) is 52.1 Å². The van der Waals surface area contributed by atoms with Gasteiger partial charge in [-0.1, -0.05) is 78.9 Å². The maximum Gasteiger partial charge on any atom is 0.337 e. The molecule has 4 aliphatic rings. The lowest BCUT2D eigenvalue weighted by Gasteiger charge is -2.54. The van der Waals surface area contributed by atoms with Crippen LogP contribution in [-0.4, -0.2) is 41.7 Å². The third kappa shape index (κ3) is 3.89. The summed E-state index contributed by atoms with van der Waals surface area (Å²) in [4.78, 5) is 53.5. The van der Waals surface area contributed by atoms with Crippen molar-refractivity contribution in [1.82, 2.24) is 4.90 Å². The fraction of sp³-hybridized carbons (Fsp3) is 0.200. The Morgan fingerprint density at radius 2 is 1.20 bits per heavy atom. The largest absolute Gasteiger partial charge is 0.465 e. The van der Waals surface area contributed by atoms with Gasteiger partial charge in [0.2, 0.25) is 17.7 Å². The molecule has 3 atom stereocenters.